The number of carbonyl (C=O) groups excluding carboxylic acids is 1. The number of nitrogens with zero attached hydrogens (tertiary/aromatic N) is 5. The lowest BCUT2D eigenvalue weighted by atomic mass is 10.0. The molecule has 1 fully saturated rings. The SMILES string of the molecule is CC(=O)N1CC(c2nc(-c3cnccn3)no2)C1. The largest absolute Gasteiger partial charge is 0.341 e. The molecule has 3 rings (SSSR count). The van der Waals surface area contributed by atoms with E-state index in [1.807, 2.05) is 0 Å². The van der Waals surface area contributed by atoms with Gasteiger partial charge in [0.2, 0.25) is 17.6 Å². The van der Waals surface area contributed by atoms with Gasteiger partial charge in [-0.1, -0.05) is 5.16 Å². The van der Waals surface area contributed by atoms with Crippen molar-refractivity contribution in [2.75, 3.05) is 13.1 Å². The van der Waals surface area contributed by atoms with E-state index < -0.39 is 0 Å². The molecule has 3 heterocycles. The minimum absolute atomic E-state index is 0.0694. The number of rotatable bonds is 2. The molecule has 2 aromatic heterocycles. The van der Waals surface area contributed by atoms with Gasteiger partial charge in [0.1, 0.15) is 5.69 Å². The van der Waals surface area contributed by atoms with Gasteiger partial charge >= 0.3 is 0 Å². The highest BCUT2D eigenvalue weighted by Gasteiger charge is 2.34. The number of hydrogen-bond acceptors (Lipinski definition) is 6. The molecule has 0 bridgehead atoms. The number of likely N-dealkylation sites (tertiary alicyclic amines) is 1. The summed E-state index contributed by atoms with van der Waals surface area (Å²) in [6.07, 6.45) is 4.74. The molecule has 1 aliphatic rings. The van der Waals surface area contributed by atoms with Crippen LogP contribution in [0.25, 0.3) is 11.5 Å². The highest BCUT2D eigenvalue weighted by molar-refractivity contribution is 5.74. The van der Waals surface area contributed by atoms with Crippen LogP contribution >= 0.6 is 0 Å². The van der Waals surface area contributed by atoms with Gasteiger partial charge in [0, 0.05) is 32.4 Å². The van der Waals surface area contributed by atoms with E-state index in [0.717, 1.165) is 0 Å². The highest BCUT2D eigenvalue weighted by Crippen LogP contribution is 2.26. The molecule has 0 aromatic carbocycles. The van der Waals surface area contributed by atoms with Gasteiger partial charge in [-0.2, -0.15) is 4.98 Å². The van der Waals surface area contributed by atoms with Crippen molar-refractivity contribution in [1.29, 1.82) is 0 Å². The average molecular weight is 245 g/mol. The molecule has 7 heteroatoms. The van der Waals surface area contributed by atoms with Crippen LogP contribution in [0.2, 0.25) is 0 Å². The highest BCUT2D eigenvalue weighted by atomic mass is 16.5. The van der Waals surface area contributed by atoms with E-state index in [1.54, 1.807) is 30.4 Å². The molecule has 1 amide bonds. The normalized spacial score (nSPS) is 15.5. The van der Waals surface area contributed by atoms with Crippen molar-refractivity contribution in [3.05, 3.63) is 24.5 Å². The fourth-order valence-corrected chi connectivity index (χ4v) is 1.81. The summed E-state index contributed by atoms with van der Waals surface area (Å²) in [6, 6.07) is 0. The van der Waals surface area contributed by atoms with Crippen LogP contribution in [0.1, 0.15) is 18.7 Å². The van der Waals surface area contributed by atoms with Crippen molar-refractivity contribution in [1.82, 2.24) is 25.0 Å². The molecule has 1 aliphatic heterocycles. The third-order valence-electron chi connectivity index (χ3n) is 2.91. The molecule has 0 unspecified atom stereocenters. The zero-order chi connectivity index (χ0) is 12.5. The Balaban J connectivity index is 1.74. The second-order valence-corrected chi connectivity index (χ2v) is 4.17. The van der Waals surface area contributed by atoms with E-state index in [-0.39, 0.29) is 11.8 Å². The first kappa shape index (κ1) is 10.8. The number of amides is 1. The molecule has 7 nitrogen and oxygen atoms in total. The molecular weight excluding hydrogens is 234 g/mol. The number of aromatic nitrogens is 4. The number of carbonyl (C=O) groups is 1. The number of hydrogen-bond donors (Lipinski definition) is 0. The molecule has 92 valence electrons. The standard InChI is InChI=1S/C11H11N5O2/c1-7(17)16-5-8(6-16)11-14-10(15-18-11)9-4-12-2-3-13-9/h2-4,8H,5-6H2,1H3. The van der Waals surface area contributed by atoms with Gasteiger partial charge in [-0.15, -0.1) is 0 Å². The van der Waals surface area contributed by atoms with Gasteiger partial charge in [-0.25, -0.2) is 4.98 Å². The smallest absolute Gasteiger partial charge is 0.233 e. The second-order valence-electron chi connectivity index (χ2n) is 4.17. The first-order valence-corrected chi connectivity index (χ1v) is 5.59. The first-order valence-electron chi connectivity index (χ1n) is 5.59. The predicted molar refractivity (Wildman–Crippen MR) is 60.3 cm³/mol. The molecule has 0 radical (unpaired) electrons. The Bertz CT molecular complexity index is 562. The summed E-state index contributed by atoms with van der Waals surface area (Å²) in [5.74, 6) is 1.18. The quantitative estimate of drug-likeness (QED) is 0.764. The van der Waals surface area contributed by atoms with Crippen molar-refractivity contribution < 1.29 is 9.32 Å². The van der Waals surface area contributed by atoms with E-state index in [1.165, 1.54) is 0 Å². The monoisotopic (exact) mass is 245 g/mol. The summed E-state index contributed by atoms with van der Waals surface area (Å²) in [6.45, 7) is 2.82. The first-order chi connectivity index (χ1) is 8.74. The van der Waals surface area contributed by atoms with Crippen molar-refractivity contribution in [3.8, 4) is 11.5 Å². The Kier molecular flexibility index (Phi) is 2.51. The van der Waals surface area contributed by atoms with E-state index in [9.17, 15) is 4.79 Å². The van der Waals surface area contributed by atoms with Gasteiger partial charge in [-0.05, 0) is 0 Å². The Labute approximate surface area is 103 Å². The molecule has 0 N–H and O–H groups in total. The lowest BCUT2D eigenvalue weighted by Gasteiger charge is -2.36. The fourth-order valence-electron chi connectivity index (χ4n) is 1.81. The van der Waals surface area contributed by atoms with Crippen molar-refractivity contribution >= 4 is 5.91 Å². The van der Waals surface area contributed by atoms with E-state index in [0.29, 0.717) is 30.5 Å². The Morgan fingerprint density at radius 1 is 1.44 bits per heavy atom. The van der Waals surface area contributed by atoms with Gasteiger partial charge in [0.15, 0.2) is 0 Å². The maximum Gasteiger partial charge on any atom is 0.233 e. The molecule has 1 saturated heterocycles. The summed E-state index contributed by atoms with van der Waals surface area (Å²) in [4.78, 5) is 25.1. The van der Waals surface area contributed by atoms with E-state index in [4.69, 9.17) is 4.52 Å². The average Bonchev–Trinajstić information content (AvgIpc) is 2.77. The van der Waals surface area contributed by atoms with Crippen LogP contribution in [0.4, 0.5) is 0 Å². The maximum atomic E-state index is 11.1. The van der Waals surface area contributed by atoms with Crippen LogP contribution in [-0.4, -0.2) is 44.0 Å². The molecule has 18 heavy (non-hydrogen) atoms. The summed E-state index contributed by atoms with van der Waals surface area (Å²) < 4.78 is 5.18. The van der Waals surface area contributed by atoms with Crippen LogP contribution in [0.5, 0.6) is 0 Å². The Morgan fingerprint density at radius 2 is 2.28 bits per heavy atom. The van der Waals surface area contributed by atoms with Crippen LogP contribution in [0.15, 0.2) is 23.1 Å². The molecule has 0 saturated carbocycles. The predicted octanol–water partition coefficient (Wildman–Crippen LogP) is 0.472. The van der Waals surface area contributed by atoms with Gasteiger partial charge in [0.05, 0.1) is 12.1 Å². The summed E-state index contributed by atoms with van der Waals surface area (Å²) in [7, 11) is 0. The zero-order valence-electron chi connectivity index (χ0n) is 9.78. The van der Waals surface area contributed by atoms with Crippen LogP contribution < -0.4 is 0 Å². The van der Waals surface area contributed by atoms with Crippen LogP contribution in [-0.2, 0) is 4.79 Å². The third-order valence-corrected chi connectivity index (χ3v) is 2.91. The lowest BCUT2D eigenvalue weighted by molar-refractivity contribution is -0.133. The minimum atomic E-state index is 0.0694. The fraction of sp³-hybridized carbons (Fsp3) is 0.364. The molecule has 0 aliphatic carbocycles. The zero-order valence-corrected chi connectivity index (χ0v) is 9.78. The van der Waals surface area contributed by atoms with Crippen molar-refractivity contribution in [3.63, 3.8) is 0 Å². The topological polar surface area (TPSA) is 85.0 Å². The molecular formula is C11H11N5O2. The van der Waals surface area contributed by atoms with Gasteiger partial charge < -0.3 is 9.42 Å². The molecule has 0 atom stereocenters. The van der Waals surface area contributed by atoms with E-state index >= 15 is 0 Å². The Morgan fingerprint density at radius 3 is 2.94 bits per heavy atom. The van der Waals surface area contributed by atoms with Crippen molar-refractivity contribution in [2.45, 2.75) is 12.8 Å². The molecule has 0 spiro atoms. The lowest BCUT2D eigenvalue weighted by Crippen LogP contribution is -2.47. The van der Waals surface area contributed by atoms with Gasteiger partial charge in [0.25, 0.3) is 0 Å². The Hall–Kier alpha value is -2.31. The maximum absolute atomic E-state index is 11.1. The third kappa shape index (κ3) is 1.83. The summed E-state index contributed by atoms with van der Waals surface area (Å²) in [5.41, 5.74) is 0.579. The van der Waals surface area contributed by atoms with Crippen molar-refractivity contribution in [2.24, 2.45) is 0 Å². The van der Waals surface area contributed by atoms with Gasteiger partial charge in [-0.3, -0.25) is 9.78 Å². The van der Waals surface area contributed by atoms with E-state index in [2.05, 4.69) is 20.1 Å². The van der Waals surface area contributed by atoms with Crippen LogP contribution in [0.3, 0.4) is 0 Å². The minimum Gasteiger partial charge on any atom is -0.341 e. The van der Waals surface area contributed by atoms with Crippen LogP contribution in [0, 0.1) is 0 Å². The summed E-state index contributed by atoms with van der Waals surface area (Å²) in [5, 5.41) is 3.87. The molecule has 2 aromatic rings. The second kappa shape index (κ2) is 4.17. The summed E-state index contributed by atoms with van der Waals surface area (Å²) >= 11 is 0.